The van der Waals surface area contributed by atoms with E-state index in [0.29, 0.717) is 10.9 Å². The van der Waals surface area contributed by atoms with Crippen LogP contribution in [0.15, 0.2) is 46.9 Å². The average Bonchev–Trinajstić information content (AvgIpc) is 3.14. The van der Waals surface area contributed by atoms with Crippen molar-refractivity contribution in [3.63, 3.8) is 0 Å². The maximum atomic E-state index is 12.0. The van der Waals surface area contributed by atoms with Gasteiger partial charge in [-0.15, -0.1) is 23.1 Å². The zero-order chi connectivity index (χ0) is 15.4. The standard InChI is InChI=1S/C16H17N3OS2/c1-2-8-19-10-14(12-5-3-4-6-13(12)19)22-11-15(20)18-16-17-7-9-21-16/h3-7,9-10H,2,8,11H2,1H3,(H,17,18,20). The number of hydrogen-bond acceptors (Lipinski definition) is 4. The molecule has 0 radical (unpaired) electrons. The van der Waals surface area contributed by atoms with Crippen molar-refractivity contribution in [2.45, 2.75) is 24.8 Å². The summed E-state index contributed by atoms with van der Waals surface area (Å²) in [5.41, 5.74) is 1.23. The molecule has 0 aliphatic heterocycles. The number of aryl methyl sites for hydroxylation is 1. The number of rotatable bonds is 6. The van der Waals surface area contributed by atoms with Crippen LogP contribution in [0.25, 0.3) is 10.9 Å². The van der Waals surface area contributed by atoms with Crippen molar-refractivity contribution in [3.8, 4) is 0 Å². The Morgan fingerprint density at radius 1 is 1.41 bits per heavy atom. The highest BCUT2D eigenvalue weighted by molar-refractivity contribution is 8.00. The minimum Gasteiger partial charge on any atom is -0.346 e. The topological polar surface area (TPSA) is 46.9 Å². The van der Waals surface area contributed by atoms with Crippen LogP contribution in [0.4, 0.5) is 5.13 Å². The second-order valence-corrected chi connectivity index (χ2v) is 6.79. The molecule has 22 heavy (non-hydrogen) atoms. The predicted octanol–water partition coefficient (Wildman–Crippen LogP) is 4.24. The third kappa shape index (κ3) is 3.34. The molecule has 3 rings (SSSR count). The lowest BCUT2D eigenvalue weighted by atomic mass is 10.2. The first-order valence-corrected chi connectivity index (χ1v) is 9.04. The molecule has 4 nitrogen and oxygen atoms in total. The zero-order valence-electron chi connectivity index (χ0n) is 12.3. The number of carbonyl (C=O) groups excluding carboxylic acids is 1. The quantitative estimate of drug-likeness (QED) is 0.687. The Bertz CT molecular complexity index is 765. The number of hydrogen-bond donors (Lipinski definition) is 1. The molecule has 1 aromatic carbocycles. The van der Waals surface area contributed by atoms with Crippen LogP contribution in [-0.2, 0) is 11.3 Å². The largest absolute Gasteiger partial charge is 0.346 e. The van der Waals surface area contributed by atoms with E-state index in [2.05, 4.69) is 46.2 Å². The second kappa shape index (κ2) is 6.98. The number of thiazole rings is 1. The zero-order valence-corrected chi connectivity index (χ0v) is 13.9. The lowest BCUT2D eigenvalue weighted by molar-refractivity contribution is -0.113. The summed E-state index contributed by atoms with van der Waals surface area (Å²) in [4.78, 5) is 17.2. The smallest absolute Gasteiger partial charge is 0.236 e. The Balaban J connectivity index is 1.72. The Labute approximate surface area is 137 Å². The van der Waals surface area contributed by atoms with Gasteiger partial charge in [-0.3, -0.25) is 4.79 Å². The molecule has 1 amide bonds. The van der Waals surface area contributed by atoms with E-state index in [0.717, 1.165) is 17.9 Å². The number of anilines is 1. The Morgan fingerprint density at radius 2 is 2.27 bits per heavy atom. The lowest BCUT2D eigenvalue weighted by Gasteiger charge is -2.01. The summed E-state index contributed by atoms with van der Waals surface area (Å²) < 4.78 is 2.26. The fourth-order valence-corrected chi connectivity index (χ4v) is 3.77. The van der Waals surface area contributed by atoms with Gasteiger partial charge in [-0.05, 0) is 12.5 Å². The van der Waals surface area contributed by atoms with Crippen LogP contribution in [0.5, 0.6) is 0 Å². The van der Waals surface area contributed by atoms with Crippen molar-refractivity contribution < 1.29 is 4.79 Å². The number of nitrogens with one attached hydrogen (secondary N) is 1. The number of fused-ring (bicyclic) bond motifs is 1. The third-order valence-electron chi connectivity index (χ3n) is 3.25. The molecule has 6 heteroatoms. The van der Waals surface area contributed by atoms with Crippen molar-refractivity contribution in [1.82, 2.24) is 9.55 Å². The van der Waals surface area contributed by atoms with E-state index < -0.39 is 0 Å². The van der Waals surface area contributed by atoms with E-state index in [1.165, 1.54) is 22.2 Å². The minimum absolute atomic E-state index is 0.0210. The number of benzene rings is 1. The Kier molecular flexibility index (Phi) is 4.80. The molecule has 2 heterocycles. The fourth-order valence-electron chi connectivity index (χ4n) is 2.34. The predicted molar refractivity (Wildman–Crippen MR) is 93.7 cm³/mol. The average molecular weight is 331 g/mol. The Hall–Kier alpha value is -1.79. The maximum Gasteiger partial charge on any atom is 0.236 e. The molecule has 0 atom stereocenters. The highest BCUT2D eigenvalue weighted by atomic mass is 32.2. The summed E-state index contributed by atoms with van der Waals surface area (Å²) in [7, 11) is 0. The molecule has 0 unspecified atom stereocenters. The van der Waals surface area contributed by atoms with Gasteiger partial charge in [0.1, 0.15) is 0 Å². The van der Waals surface area contributed by atoms with Gasteiger partial charge in [-0.1, -0.05) is 25.1 Å². The van der Waals surface area contributed by atoms with Gasteiger partial charge in [0.05, 0.1) is 5.75 Å². The second-order valence-electron chi connectivity index (χ2n) is 4.88. The van der Waals surface area contributed by atoms with E-state index in [4.69, 9.17) is 0 Å². The first kappa shape index (κ1) is 15.1. The number of carbonyl (C=O) groups is 1. The minimum atomic E-state index is -0.0210. The number of para-hydroxylation sites is 1. The van der Waals surface area contributed by atoms with E-state index in [1.54, 1.807) is 18.0 Å². The summed E-state index contributed by atoms with van der Waals surface area (Å²) in [6, 6.07) is 8.34. The molecule has 1 N–H and O–H groups in total. The van der Waals surface area contributed by atoms with Crippen molar-refractivity contribution in [1.29, 1.82) is 0 Å². The first-order chi connectivity index (χ1) is 10.8. The van der Waals surface area contributed by atoms with E-state index in [9.17, 15) is 4.79 Å². The van der Waals surface area contributed by atoms with Crippen LogP contribution >= 0.6 is 23.1 Å². The lowest BCUT2D eigenvalue weighted by Crippen LogP contribution is -2.13. The summed E-state index contributed by atoms with van der Waals surface area (Å²) in [5, 5.41) is 6.52. The van der Waals surface area contributed by atoms with Crippen molar-refractivity contribution in [2.24, 2.45) is 0 Å². The van der Waals surface area contributed by atoms with Gasteiger partial charge in [-0.2, -0.15) is 0 Å². The molecule has 0 bridgehead atoms. The van der Waals surface area contributed by atoms with E-state index >= 15 is 0 Å². The highest BCUT2D eigenvalue weighted by Crippen LogP contribution is 2.30. The Morgan fingerprint density at radius 3 is 3.05 bits per heavy atom. The molecule has 0 aliphatic rings. The van der Waals surface area contributed by atoms with Gasteiger partial charge in [0.2, 0.25) is 5.91 Å². The van der Waals surface area contributed by atoms with Gasteiger partial charge in [0, 0.05) is 40.1 Å². The number of amides is 1. The number of nitrogens with zero attached hydrogens (tertiary/aromatic N) is 2. The van der Waals surface area contributed by atoms with Crippen LogP contribution in [0.2, 0.25) is 0 Å². The molecule has 0 aliphatic carbocycles. The molecule has 0 saturated heterocycles. The van der Waals surface area contributed by atoms with Gasteiger partial charge >= 0.3 is 0 Å². The van der Waals surface area contributed by atoms with Gasteiger partial charge in [0.15, 0.2) is 5.13 Å². The fraction of sp³-hybridized carbons (Fsp3) is 0.250. The molecule has 3 aromatic rings. The molecule has 0 saturated carbocycles. The van der Waals surface area contributed by atoms with E-state index in [1.807, 2.05) is 11.4 Å². The van der Waals surface area contributed by atoms with Gasteiger partial charge in [-0.25, -0.2) is 4.98 Å². The normalized spacial score (nSPS) is 11.0. The van der Waals surface area contributed by atoms with Crippen LogP contribution in [0, 0.1) is 0 Å². The summed E-state index contributed by atoms with van der Waals surface area (Å²) >= 11 is 3.00. The first-order valence-electron chi connectivity index (χ1n) is 7.18. The third-order valence-corrected chi connectivity index (χ3v) is 4.99. The highest BCUT2D eigenvalue weighted by Gasteiger charge is 2.11. The van der Waals surface area contributed by atoms with Crippen LogP contribution in [-0.4, -0.2) is 21.2 Å². The SMILES string of the molecule is CCCn1cc(SCC(=O)Nc2nccs2)c2ccccc21. The van der Waals surface area contributed by atoms with Crippen LogP contribution < -0.4 is 5.32 Å². The summed E-state index contributed by atoms with van der Waals surface area (Å²) in [5.74, 6) is 0.368. The van der Waals surface area contributed by atoms with Crippen molar-refractivity contribution in [3.05, 3.63) is 42.0 Å². The molecular weight excluding hydrogens is 314 g/mol. The van der Waals surface area contributed by atoms with E-state index in [-0.39, 0.29) is 5.91 Å². The monoisotopic (exact) mass is 331 g/mol. The van der Waals surface area contributed by atoms with Crippen LogP contribution in [0.1, 0.15) is 13.3 Å². The van der Waals surface area contributed by atoms with Gasteiger partial charge < -0.3 is 9.88 Å². The molecular formula is C16H17N3OS2. The number of aromatic nitrogens is 2. The molecule has 0 fully saturated rings. The molecule has 0 spiro atoms. The maximum absolute atomic E-state index is 12.0. The van der Waals surface area contributed by atoms with Crippen molar-refractivity contribution in [2.75, 3.05) is 11.1 Å². The summed E-state index contributed by atoms with van der Waals surface area (Å²) in [6.07, 6.45) is 4.93. The molecule has 114 valence electrons. The van der Waals surface area contributed by atoms with Crippen molar-refractivity contribution >= 4 is 45.0 Å². The van der Waals surface area contributed by atoms with Crippen LogP contribution in [0.3, 0.4) is 0 Å². The summed E-state index contributed by atoms with van der Waals surface area (Å²) in [6.45, 7) is 3.16. The molecule has 2 aromatic heterocycles. The number of thioether (sulfide) groups is 1. The van der Waals surface area contributed by atoms with Gasteiger partial charge in [0.25, 0.3) is 0 Å².